The smallest absolute Gasteiger partial charge is 0.262 e. The first-order valence-electron chi connectivity index (χ1n) is 5.18. The quantitative estimate of drug-likeness (QED) is 0.498. The predicted octanol–water partition coefficient (Wildman–Crippen LogP) is 1.17. The highest BCUT2D eigenvalue weighted by atomic mass is 16.7. The van der Waals surface area contributed by atoms with Crippen molar-refractivity contribution in [1.82, 2.24) is 10.4 Å². The first-order valence-corrected chi connectivity index (χ1v) is 5.18. The maximum absolute atomic E-state index is 11.5. The molecule has 0 saturated carbocycles. The summed E-state index contributed by atoms with van der Waals surface area (Å²) in [6, 6.07) is -0.170. The van der Waals surface area contributed by atoms with Gasteiger partial charge >= 0.3 is 0 Å². The summed E-state index contributed by atoms with van der Waals surface area (Å²) in [5, 5.41) is 4.41. The summed E-state index contributed by atoms with van der Waals surface area (Å²) in [7, 11) is 3.11. The van der Waals surface area contributed by atoms with Crippen molar-refractivity contribution < 1.29 is 9.63 Å². The standard InChI is InChI=1S/C10H22N2O2/c1-5-6-7-8-11-9(2)10(13)12(3)14-4/h9,11H,5-8H2,1-4H3. The molecule has 84 valence electrons. The van der Waals surface area contributed by atoms with E-state index in [1.54, 1.807) is 7.05 Å². The monoisotopic (exact) mass is 202 g/mol. The van der Waals surface area contributed by atoms with Gasteiger partial charge in [-0.3, -0.25) is 9.63 Å². The highest BCUT2D eigenvalue weighted by Crippen LogP contribution is 1.95. The van der Waals surface area contributed by atoms with Gasteiger partial charge in [0.05, 0.1) is 13.2 Å². The Labute approximate surface area is 86.6 Å². The molecule has 0 aromatic rings. The second kappa shape index (κ2) is 7.76. The number of unbranched alkanes of at least 4 members (excludes halogenated alkanes) is 2. The van der Waals surface area contributed by atoms with Crippen LogP contribution in [0.15, 0.2) is 0 Å². The van der Waals surface area contributed by atoms with Crippen LogP contribution in [0, 0.1) is 0 Å². The third-order valence-electron chi connectivity index (χ3n) is 2.19. The Kier molecular flexibility index (Phi) is 7.42. The van der Waals surface area contributed by atoms with Gasteiger partial charge in [0.1, 0.15) is 0 Å². The summed E-state index contributed by atoms with van der Waals surface area (Å²) in [5.74, 6) is -0.0380. The first-order chi connectivity index (χ1) is 6.63. The van der Waals surface area contributed by atoms with Crippen molar-refractivity contribution in [2.45, 2.75) is 39.2 Å². The summed E-state index contributed by atoms with van der Waals surface area (Å²) >= 11 is 0. The number of rotatable bonds is 7. The largest absolute Gasteiger partial charge is 0.306 e. The molecule has 0 radical (unpaired) electrons. The van der Waals surface area contributed by atoms with Gasteiger partial charge in [-0.05, 0) is 19.9 Å². The van der Waals surface area contributed by atoms with Crippen LogP contribution in [0.25, 0.3) is 0 Å². The van der Waals surface area contributed by atoms with Crippen LogP contribution in [0.1, 0.15) is 33.1 Å². The van der Waals surface area contributed by atoms with E-state index in [9.17, 15) is 4.79 Å². The molecule has 0 bridgehead atoms. The normalized spacial score (nSPS) is 12.6. The fourth-order valence-corrected chi connectivity index (χ4v) is 1.14. The van der Waals surface area contributed by atoms with Crippen LogP contribution in [0.4, 0.5) is 0 Å². The molecular formula is C10H22N2O2. The molecule has 1 N–H and O–H groups in total. The molecule has 0 saturated heterocycles. The van der Waals surface area contributed by atoms with E-state index in [1.165, 1.54) is 25.0 Å². The number of hydrogen-bond acceptors (Lipinski definition) is 3. The minimum absolute atomic E-state index is 0.0380. The van der Waals surface area contributed by atoms with Gasteiger partial charge in [0.2, 0.25) is 0 Å². The molecule has 4 nitrogen and oxygen atoms in total. The fourth-order valence-electron chi connectivity index (χ4n) is 1.14. The third kappa shape index (κ3) is 5.19. The maximum Gasteiger partial charge on any atom is 0.262 e. The average Bonchev–Trinajstić information content (AvgIpc) is 2.21. The Hall–Kier alpha value is -0.610. The molecule has 0 aliphatic rings. The zero-order chi connectivity index (χ0) is 11.0. The Balaban J connectivity index is 3.62. The zero-order valence-corrected chi connectivity index (χ0v) is 9.67. The highest BCUT2D eigenvalue weighted by molar-refractivity contribution is 5.80. The van der Waals surface area contributed by atoms with E-state index >= 15 is 0 Å². The minimum Gasteiger partial charge on any atom is -0.306 e. The average molecular weight is 202 g/mol. The summed E-state index contributed by atoms with van der Waals surface area (Å²) < 4.78 is 0. The van der Waals surface area contributed by atoms with Crippen LogP contribution in [-0.4, -0.2) is 37.7 Å². The van der Waals surface area contributed by atoms with Crippen LogP contribution >= 0.6 is 0 Å². The number of nitrogens with one attached hydrogen (secondary N) is 1. The van der Waals surface area contributed by atoms with Crippen molar-refractivity contribution in [3.05, 3.63) is 0 Å². The molecule has 0 heterocycles. The van der Waals surface area contributed by atoms with Crippen LogP contribution in [0.2, 0.25) is 0 Å². The lowest BCUT2D eigenvalue weighted by atomic mass is 10.2. The third-order valence-corrected chi connectivity index (χ3v) is 2.19. The molecule has 0 spiro atoms. The molecule has 14 heavy (non-hydrogen) atoms. The molecular weight excluding hydrogens is 180 g/mol. The van der Waals surface area contributed by atoms with Crippen molar-refractivity contribution in [2.75, 3.05) is 20.7 Å². The predicted molar refractivity (Wildman–Crippen MR) is 56.8 cm³/mol. The maximum atomic E-state index is 11.5. The Bertz CT molecular complexity index is 162. The first kappa shape index (κ1) is 13.4. The van der Waals surface area contributed by atoms with E-state index in [2.05, 4.69) is 12.2 Å². The highest BCUT2D eigenvalue weighted by Gasteiger charge is 2.15. The number of hydrogen-bond donors (Lipinski definition) is 1. The molecule has 1 atom stereocenters. The molecule has 0 aromatic heterocycles. The van der Waals surface area contributed by atoms with Gasteiger partial charge in [0.15, 0.2) is 0 Å². The molecule has 0 aliphatic heterocycles. The van der Waals surface area contributed by atoms with E-state index in [0.717, 1.165) is 13.0 Å². The number of carbonyl (C=O) groups excluding carboxylic acids is 1. The van der Waals surface area contributed by atoms with E-state index in [1.807, 2.05) is 6.92 Å². The Morgan fingerprint density at radius 3 is 2.64 bits per heavy atom. The van der Waals surface area contributed by atoms with Crippen LogP contribution < -0.4 is 5.32 Å². The van der Waals surface area contributed by atoms with Gasteiger partial charge in [-0.25, -0.2) is 5.06 Å². The van der Waals surface area contributed by atoms with Crippen LogP contribution in [0.5, 0.6) is 0 Å². The summed E-state index contributed by atoms with van der Waals surface area (Å²) in [4.78, 5) is 16.3. The number of hydroxylamine groups is 2. The zero-order valence-electron chi connectivity index (χ0n) is 9.67. The number of carbonyl (C=O) groups is 1. The molecule has 1 unspecified atom stereocenters. The van der Waals surface area contributed by atoms with Crippen molar-refractivity contribution >= 4 is 5.91 Å². The number of likely N-dealkylation sites (N-methyl/N-ethyl adjacent to an activating group) is 1. The van der Waals surface area contributed by atoms with Crippen molar-refractivity contribution in [2.24, 2.45) is 0 Å². The Morgan fingerprint density at radius 1 is 1.50 bits per heavy atom. The minimum atomic E-state index is -0.170. The van der Waals surface area contributed by atoms with E-state index in [0.29, 0.717) is 0 Å². The Morgan fingerprint density at radius 2 is 2.14 bits per heavy atom. The second-order valence-corrected chi connectivity index (χ2v) is 3.40. The van der Waals surface area contributed by atoms with Crippen molar-refractivity contribution in [3.8, 4) is 0 Å². The second-order valence-electron chi connectivity index (χ2n) is 3.40. The summed E-state index contributed by atoms with van der Waals surface area (Å²) in [6.07, 6.45) is 3.51. The lowest BCUT2D eigenvalue weighted by Crippen LogP contribution is -2.42. The van der Waals surface area contributed by atoms with Gasteiger partial charge in [0, 0.05) is 7.05 Å². The van der Waals surface area contributed by atoms with Gasteiger partial charge < -0.3 is 5.32 Å². The molecule has 0 rings (SSSR count). The molecule has 0 aliphatic carbocycles. The number of amides is 1. The lowest BCUT2D eigenvalue weighted by molar-refractivity contribution is -0.170. The molecule has 0 aromatic carbocycles. The van der Waals surface area contributed by atoms with E-state index in [4.69, 9.17) is 4.84 Å². The number of nitrogens with zero attached hydrogens (tertiary/aromatic N) is 1. The van der Waals surface area contributed by atoms with Crippen molar-refractivity contribution in [3.63, 3.8) is 0 Å². The van der Waals surface area contributed by atoms with E-state index in [-0.39, 0.29) is 11.9 Å². The van der Waals surface area contributed by atoms with Crippen LogP contribution in [0.3, 0.4) is 0 Å². The van der Waals surface area contributed by atoms with Gasteiger partial charge in [0.25, 0.3) is 5.91 Å². The molecule has 1 amide bonds. The molecule has 4 heteroatoms. The summed E-state index contributed by atoms with van der Waals surface area (Å²) in [6.45, 7) is 4.90. The fraction of sp³-hybridized carbons (Fsp3) is 0.900. The van der Waals surface area contributed by atoms with Crippen LogP contribution in [-0.2, 0) is 9.63 Å². The SMILES string of the molecule is CCCCCNC(C)C(=O)N(C)OC. The summed E-state index contributed by atoms with van der Waals surface area (Å²) in [5.41, 5.74) is 0. The van der Waals surface area contributed by atoms with Gasteiger partial charge in [-0.1, -0.05) is 19.8 Å². The topological polar surface area (TPSA) is 41.6 Å². The lowest BCUT2D eigenvalue weighted by Gasteiger charge is -2.19. The van der Waals surface area contributed by atoms with Crippen molar-refractivity contribution in [1.29, 1.82) is 0 Å². The van der Waals surface area contributed by atoms with Gasteiger partial charge in [-0.2, -0.15) is 0 Å². The molecule has 0 fully saturated rings. The van der Waals surface area contributed by atoms with Gasteiger partial charge in [-0.15, -0.1) is 0 Å². The van der Waals surface area contributed by atoms with E-state index < -0.39 is 0 Å².